The Bertz CT molecular complexity index is 981. The van der Waals surface area contributed by atoms with Crippen molar-refractivity contribution in [2.45, 2.75) is 31.2 Å². The molecule has 0 atom stereocenters. The van der Waals surface area contributed by atoms with Crippen LogP contribution in [0.4, 0.5) is 0 Å². The molecule has 0 aliphatic carbocycles. The summed E-state index contributed by atoms with van der Waals surface area (Å²) in [5.74, 6) is 0.986. The summed E-state index contributed by atoms with van der Waals surface area (Å²) in [6.07, 6.45) is 1.01. The van der Waals surface area contributed by atoms with E-state index in [0.717, 1.165) is 11.1 Å². The van der Waals surface area contributed by atoms with Gasteiger partial charge in [0, 0.05) is 25.6 Å². The third kappa shape index (κ3) is 4.94. The van der Waals surface area contributed by atoms with Gasteiger partial charge in [-0.2, -0.15) is 4.31 Å². The highest BCUT2D eigenvalue weighted by atomic mass is 32.2. The van der Waals surface area contributed by atoms with E-state index in [2.05, 4.69) is 5.32 Å². The lowest BCUT2D eigenvalue weighted by molar-refractivity contribution is -0.126. The van der Waals surface area contributed by atoms with Crippen LogP contribution in [0.25, 0.3) is 0 Å². The number of piperidine rings is 1. The van der Waals surface area contributed by atoms with Crippen LogP contribution >= 0.6 is 0 Å². The number of carbonyl (C=O) groups is 1. The summed E-state index contributed by atoms with van der Waals surface area (Å²) in [5.41, 5.74) is 1.92. The molecule has 3 rings (SSSR count). The van der Waals surface area contributed by atoms with Gasteiger partial charge in [0.1, 0.15) is 0 Å². The Morgan fingerprint density at radius 2 is 1.67 bits per heavy atom. The molecular weight excluding hydrogens is 404 g/mol. The Kier molecular flexibility index (Phi) is 6.99. The van der Waals surface area contributed by atoms with Crippen LogP contribution in [0, 0.1) is 12.8 Å². The summed E-state index contributed by atoms with van der Waals surface area (Å²) in [4.78, 5) is 12.9. The first-order valence-corrected chi connectivity index (χ1v) is 11.3. The van der Waals surface area contributed by atoms with E-state index in [1.54, 1.807) is 44.6 Å². The maximum atomic E-state index is 12.8. The molecule has 2 aromatic carbocycles. The van der Waals surface area contributed by atoms with Crippen LogP contribution in [0.1, 0.15) is 24.0 Å². The number of rotatable bonds is 7. The van der Waals surface area contributed by atoms with E-state index in [4.69, 9.17) is 9.47 Å². The molecular formula is C22H28N2O5S. The van der Waals surface area contributed by atoms with Gasteiger partial charge in [-0.25, -0.2) is 8.42 Å². The topological polar surface area (TPSA) is 84.9 Å². The Balaban J connectivity index is 1.55. The minimum absolute atomic E-state index is 0.0582. The SMILES string of the molecule is COc1ccc(CNC(=O)C2CCN(S(=O)(=O)c3ccc(C)cc3)CC2)cc1OC. The molecule has 1 fully saturated rings. The van der Waals surface area contributed by atoms with E-state index in [-0.39, 0.29) is 11.8 Å². The standard InChI is InChI=1S/C22H28N2O5S/c1-16-4-7-19(8-5-16)30(26,27)24-12-10-18(11-13-24)22(25)23-15-17-6-9-20(28-2)21(14-17)29-3/h4-9,14,18H,10-13,15H2,1-3H3,(H,23,25). The summed E-state index contributed by atoms with van der Waals surface area (Å²) in [5, 5.41) is 2.95. The number of amides is 1. The van der Waals surface area contributed by atoms with Gasteiger partial charge in [-0.3, -0.25) is 4.79 Å². The lowest BCUT2D eigenvalue weighted by Gasteiger charge is -2.30. The van der Waals surface area contributed by atoms with Gasteiger partial charge in [-0.1, -0.05) is 23.8 Å². The summed E-state index contributed by atoms with van der Waals surface area (Å²) >= 11 is 0. The number of hydrogen-bond acceptors (Lipinski definition) is 5. The van der Waals surface area contributed by atoms with Crippen LogP contribution < -0.4 is 14.8 Å². The van der Waals surface area contributed by atoms with Crippen molar-refractivity contribution in [1.82, 2.24) is 9.62 Å². The van der Waals surface area contributed by atoms with Crippen LogP contribution in [0.3, 0.4) is 0 Å². The normalized spacial score (nSPS) is 15.6. The molecule has 0 saturated carbocycles. The number of sulfonamides is 1. The fraction of sp³-hybridized carbons (Fsp3) is 0.409. The second-order valence-electron chi connectivity index (χ2n) is 7.40. The average Bonchev–Trinajstić information content (AvgIpc) is 2.77. The lowest BCUT2D eigenvalue weighted by Crippen LogP contribution is -2.42. The monoisotopic (exact) mass is 432 g/mol. The van der Waals surface area contributed by atoms with Gasteiger partial charge in [0.25, 0.3) is 0 Å². The number of nitrogens with zero attached hydrogens (tertiary/aromatic N) is 1. The van der Waals surface area contributed by atoms with Crippen LogP contribution in [-0.2, 0) is 21.4 Å². The summed E-state index contributed by atoms with van der Waals surface area (Å²) < 4.78 is 37.6. The Hall–Kier alpha value is -2.58. The van der Waals surface area contributed by atoms with Crippen molar-refractivity contribution in [3.8, 4) is 11.5 Å². The molecule has 1 heterocycles. The van der Waals surface area contributed by atoms with Crippen molar-refractivity contribution >= 4 is 15.9 Å². The van der Waals surface area contributed by atoms with Gasteiger partial charge in [0.2, 0.25) is 15.9 Å². The third-order valence-corrected chi connectivity index (χ3v) is 7.31. The predicted molar refractivity (Wildman–Crippen MR) is 114 cm³/mol. The van der Waals surface area contributed by atoms with Crippen LogP contribution in [-0.4, -0.2) is 45.9 Å². The Morgan fingerprint density at radius 1 is 1.03 bits per heavy atom. The summed E-state index contributed by atoms with van der Waals surface area (Å²) in [6.45, 7) is 2.97. The highest BCUT2D eigenvalue weighted by molar-refractivity contribution is 7.89. The van der Waals surface area contributed by atoms with E-state index in [0.29, 0.717) is 48.9 Å². The quantitative estimate of drug-likeness (QED) is 0.727. The van der Waals surface area contributed by atoms with Gasteiger partial charge in [0.15, 0.2) is 11.5 Å². The van der Waals surface area contributed by atoms with E-state index in [1.165, 1.54) is 4.31 Å². The minimum atomic E-state index is -3.52. The maximum absolute atomic E-state index is 12.8. The zero-order chi connectivity index (χ0) is 21.7. The molecule has 1 aliphatic heterocycles. The summed E-state index contributed by atoms with van der Waals surface area (Å²) in [6, 6.07) is 12.4. The van der Waals surface area contributed by atoms with Gasteiger partial charge in [0.05, 0.1) is 19.1 Å². The molecule has 162 valence electrons. The first-order chi connectivity index (χ1) is 14.3. The molecule has 1 amide bonds. The van der Waals surface area contributed by atoms with Gasteiger partial charge >= 0.3 is 0 Å². The molecule has 8 heteroatoms. The fourth-order valence-corrected chi connectivity index (χ4v) is 5.01. The molecule has 7 nitrogen and oxygen atoms in total. The number of benzene rings is 2. The molecule has 1 aliphatic rings. The molecule has 0 aromatic heterocycles. The van der Waals surface area contributed by atoms with Gasteiger partial charge in [-0.15, -0.1) is 0 Å². The van der Waals surface area contributed by atoms with Crippen molar-refractivity contribution < 1.29 is 22.7 Å². The second kappa shape index (κ2) is 9.49. The van der Waals surface area contributed by atoms with E-state index < -0.39 is 10.0 Å². The highest BCUT2D eigenvalue weighted by Crippen LogP contribution is 2.28. The van der Waals surface area contributed by atoms with Crippen LogP contribution in [0.15, 0.2) is 47.4 Å². The van der Waals surface area contributed by atoms with Crippen LogP contribution in [0.2, 0.25) is 0 Å². The lowest BCUT2D eigenvalue weighted by atomic mass is 9.97. The number of ether oxygens (including phenoxy) is 2. The number of aryl methyl sites for hydroxylation is 1. The number of carbonyl (C=O) groups excluding carboxylic acids is 1. The first-order valence-electron chi connectivity index (χ1n) is 9.90. The molecule has 1 saturated heterocycles. The zero-order valence-corrected chi connectivity index (χ0v) is 18.4. The summed E-state index contributed by atoms with van der Waals surface area (Å²) in [7, 11) is -0.379. The maximum Gasteiger partial charge on any atom is 0.243 e. The molecule has 0 bridgehead atoms. The van der Waals surface area contributed by atoms with Gasteiger partial charge in [-0.05, 0) is 49.6 Å². The fourth-order valence-electron chi connectivity index (χ4n) is 3.54. The van der Waals surface area contributed by atoms with E-state index in [1.807, 2.05) is 19.1 Å². The molecule has 2 aromatic rings. The molecule has 0 radical (unpaired) electrons. The molecule has 0 unspecified atom stereocenters. The van der Waals surface area contributed by atoms with Crippen molar-refractivity contribution in [3.05, 3.63) is 53.6 Å². The van der Waals surface area contributed by atoms with Crippen molar-refractivity contribution in [3.63, 3.8) is 0 Å². The first kappa shape index (κ1) is 22.1. The van der Waals surface area contributed by atoms with Crippen molar-refractivity contribution in [2.24, 2.45) is 5.92 Å². The average molecular weight is 433 g/mol. The Morgan fingerprint density at radius 3 is 2.27 bits per heavy atom. The van der Waals surface area contributed by atoms with Crippen molar-refractivity contribution in [1.29, 1.82) is 0 Å². The highest BCUT2D eigenvalue weighted by Gasteiger charge is 2.32. The predicted octanol–water partition coefficient (Wildman–Crippen LogP) is 2.73. The smallest absolute Gasteiger partial charge is 0.243 e. The second-order valence-corrected chi connectivity index (χ2v) is 9.34. The van der Waals surface area contributed by atoms with Gasteiger partial charge < -0.3 is 14.8 Å². The Labute approximate surface area is 178 Å². The third-order valence-electron chi connectivity index (χ3n) is 5.40. The largest absolute Gasteiger partial charge is 0.493 e. The van der Waals surface area contributed by atoms with Crippen molar-refractivity contribution in [2.75, 3.05) is 27.3 Å². The van der Waals surface area contributed by atoms with Crippen LogP contribution in [0.5, 0.6) is 11.5 Å². The number of nitrogens with one attached hydrogen (secondary N) is 1. The zero-order valence-electron chi connectivity index (χ0n) is 17.6. The van der Waals surface area contributed by atoms with E-state index in [9.17, 15) is 13.2 Å². The molecule has 0 spiro atoms. The number of hydrogen-bond donors (Lipinski definition) is 1. The minimum Gasteiger partial charge on any atom is -0.493 e. The molecule has 1 N–H and O–H groups in total. The van der Waals surface area contributed by atoms with E-state index >= 15 is 0 Å². The number of methoxy groups -OCH3 is 2. The molecule has 30 heavy (non-hydrogen) atoms.